The number of halogens is 1. The summed E-state index contributed by atoms with van der Waals surface area (Å²) in [5.41, 5.74) is -7.27. The maximum absolute atomic E-state index is 14.9. The van der Waals surface area contributed by atoms with Gasteiger partial charge in [0.05, 0.1) is 23.8 Å². The van der Waals surface area contributed by atoms with Gasteiger partial charge in [-0.15, -0.1) is 0 Å². The van der Waals surface area contributed by atoms with Crippen molar-refractivity contribution in [2.75, 3.05) is 6.54 Å². The van der Waals surface area contributed by atoms with Crippen LogP contribution in [0.25, 0.3) is 0 Å². The lowest BCUT2D eigenvalue weighted by molar-refractivity contribution is -0.141. The zero-order valence-corrected chi connectivity index (χ0v) is 28.0. The van der Waals surface area contributed by atoms with Gasteiger partial charge in [0.15, 0.2) is 0 Å². The highest BCUT2D eigenvalue weighted by atomic mass is 32.2. The second-order valence-electron chi connectivity index (χ2n) is 13.2. The molecule has 14 nitrogen and oxygen atoms in total. The van der Waals surface area contributed by atoms with Crippen molar-refractivity contribution in [2.45, 2.75) is 126 Å². The summed E-state index contributed by atoms with van der Waals surface area (Å²) in [6.07, 6.45) is -0.987. The van der Waals surface area contributed by atoms with Gasteiger partial charge >= 0.3 is 12.2 Å². The Bertz CT molecular complexity index is 2190. The summed E-state index contributed by atoms with van der Waals surface area (Å²) in [5.74, 6) is -5.24. The molecule has 5 aliphatic rings. The van der Waals surface area contributed by atoms with Crippen molar-refractivity contribution in [3.8, 4) is 0 Å². The van der Waals surface area contributed by atoms with Crippen molar-refractivity contribution < 1.29 is 64.1 Å². The standard InChI is InChI=1S/C35H46FN5O9S/c1-34(2,3)50-32(45)37-27-13-8-6-4-5-7-11-22-17-35(22,31(44)39-51(47,48)24-14-15-24)38-29(42)28-16-23(19-41(28)30(27)43)49-33(46)40-18-21-10-9-12-26(36)25(21)20-40/h7,9-12,22-24,27-28H,4-6,8,13-20H2,1-3H3,(H,37,45)(H,38,42)(H,39,44)/b11-7+/t22-,23-,27+,28+,35+/m1/s1/i1D3,2D3,3D3,18D2,20D2. The summed E-state index contributed by atoms with van der Waals surface area (Å²) >= 11 is 0. The minimum absolute atomic E-state index is 0.0000227. The van der Waals surface area contributed by atoms with E-state index in [2.05, 4.69) is 10.6 Å². The van der Waals surface area contributed by atoms with E-state index in [1.54, 1.807) is 12.2 Å². The van der Waals surface area contributed by atoms with Crippen LogP contribution in [0, 0.1) is 11.7 Å². The quantitative estimate of drug-likeness (QED) is 0.382. The number of alkyl carbamates (subject to hydrolysis) is 1. The lowest BCUT2D eigenvalue weighted by Gasteiger charge is -2.30. The molecule has 6 rings (SSSR count). The van der Waals surface area contributed by atoms with Crippen LogP contribution in [-0.2, 0) is 46.9 Å². The first-order chi connectivity index (χ1) is 29.3. The van der Waals surface area contributed by atoms with Crippen molar-refractivity contribution >= 4 is 39.9 Å². The Morgan fingerprint density at radius 1 is 1.12 bits per heavy atom. The van der Waals surface area contributed by atoms with Gasteiger partial charge in [-0.25, -0.2) is 22.4 Å². The van der Waals surface area contributed by atoms with E-state index >= 15 is 0 Å². The van der Waals surface area contributed by atoms with Gasteiger partial charge in [-0.3, -0.25) is 24.0 Å². The number of carbonyl (C=O) groups is 5. The van der Waals surface area contributed by atoms with Crippen LogP contribution in [0.3, 0.4) is 0 Å². The highest BCUT2D eigenvalue weighted by molar-refractivity contribution is 7.91. The summed E-state index contributed by atoms with van der Waals surface area (Å²) in [7, 11) is -4.13. The van der Waals surface area contributed by atoms with Crippen molar-refractivity contribution in [1.82, 2.24) is 25.2 Å². The highest BCUT2D eigenvalue weighted by Crippen LogP contribution is 2.46. The van der Waals surface area contributed by atoms with Crippen LogP contribution < -0.4 is 15.4 Å². The Hall–Kier alpha value is -4.21. The van der Waals surface area contributed by atoms with E-state index in [1.807, 2.05) is 4.72 Å². The molecule has 2 aliphatic carbocycles. The van der Waals surface area contributed by atoms with Crippen LogP contribution in [0.2, 0.25) is 0 Å². The molecule has 51 heavy (non-hydrogen) atoms. The van der Waals surface area contributed by atoms with Crippen LogP contribution in [-0.4, -0.2) is 89.2 Å². The van der Waals surface area contributed by atoms with Crippen LogP contribution >= 0.6 is 0 Å². The maximum atomic E-state index is 14.9. The number of allylic oxidation sites excluding steroid dienone is 1. The third-order valence-corrected chi connectivity index (χ3v) is 11.1. The third kappa shape index (κ3) is 8.31. The summed E-state index contributed by atoms with van der Waals surface area (Å²) in [6.45, 7) is -18.8. The number of sulfonamides is 1. The minimum Gasteiger partial charge on any atom is -0.444 e. The van der Waals surface area contributed by atoms with Gasteiger partial charge in [0.25, 0.3) is 5.91 Å². The molecule has 0 bridgehead atoms. The summed E-state index contributed by atoms with van der Waals surface area (Å²) in [5, 5.41) is 3.78. The third-order valence-electron chi connectivity index (χ3n) is 9.30. The fourth-order valence-electron chi connectivity index (χ4n) is 6.44. The van der Waals surface area contributed by atoms with E-state index < -0.39 is 144 Å². The zero-order valence-electron chi connectivity index (χ0n) is 40.2. The van der Waals surface area contributed by atoms with E-state index in [0.717, 1.165) is 23.1 Å². The smallest absolute Gasteiger partial charge is 0.410 e. The fourth-order valence-corrected chi connectivity index (χ4v) is 7.80. The summed E-state index contributed by atoms with van der Waals surface area (Å²) in [6, 6.07) is -0.545. The molecule has 1 saturated heterocycles. The molecule has 0 aromatic heterocycles. The van der Waals surface area contributed by atoms with Crippen molar-refractivity contribution in [2.24, 2.45) is 5.92 Å². The monoisotopic (exact) mass is 744 g/mol. The Morgan fingerprint density at radius 3 is 2.63 bits per heavy atom. The number of rotatable bonds is 5. The molecule has 1 aromatic carbocycles. The first kappa shape index (κ1) is 23.4. The highest BCUT2D eigenvalue weighted by Gasteiger charge is 2.62. The van der Waals surface area contributed by atoms with Gasteiger partial charge in [-0.2, -0.15) is 0 Å². The normalized spacial score (nSPS) is 35.4. The molecule has 3 fully saturated rings. The SMILES string of the molecule is [2H]C1([2H])c2cccc(F)c2C([2H])([2H])N1C(=O)O[C@@H]1C[C@H]2C(=O)N[C@@]3(C(=O)NS(=O)(=O)C4CC4)C[C@H]3/C=C/CCCCC[C@H](NC(=O)OC(C([2H])([2H])[2H])(C([2H])([2H])[2H])C([2H])([2H])[2H])C(=O)N2C1. The largest absolute Gasteiger partial charge is 0.444 e. The Morgan fingerprint density at radius 2 is 1.90 bits per heavy atom. The second kappa shape index (κ2) is 14.1. The molecule has 0 unspecified atom stereocenters. The average molecular weight is 745 g/mol. The molecule has 3 aliphatic heterocycles. The van der Waals surface area contributed by atoms with Crippen LogP contribution in [0.4, 0.5) is 14.0 Å². The second-order valence-corrected chi connectivity index (χ2v) is 15.2. The number of benzene rings is 1. The molecule has 16 heteroatoms. The number of fused-ring (bicyclic) bond motifs is 3. The topological polar surface area (TPSA) is 181 Å². The Labute approximate surface area is 315 Å². The van der Waals surface area contributed by atoms with Crippen molar-refractivity contribution in [3.05, 3.63) is 47.3 Å². The minimum atomic E-state index is -4.13. The van der Waals surface area contributed by atoms with Crippen LogP contribution in [0.1, 0.15) is 107 Å². The lowest BCUT2D eigenvalue weighted by Crippen LogP contribution is -2.58. The van der Waals surface area contributed by atoms with Crippen LogP contribution in [0.15, 0.2) is 30.4 Å². The van der Waals surface area contributed by atoms with Gasteiger partial charge in [0.1, 0.15) is 35.1 Å². The lowest BCUT2D eigenvalue weighted by atomic mass is 10.0. The number of nitrogens with zero attached hydrogens (tertiary/aromatic N) is 2. The number of ether oxygens (including phenoxy) is 2. The number of carbonyl (C=O) groups excluding carboxylic acids is 5. The number of amides is 5. The predicted molar refractivity (Wildman–Crippen MR) is 180 cm³/mol. The maximum Gasteiger partial charge on any atom is 0.410 e. The van der Waals surface area contributed by atoms with Gasteiger partial charge in [0, 0.05) is 36.7 Å². The van der Waals surface area contributed by atoms with Gasteiger partial charge < -0.3 is 25.0 Å². The molecule has 0 spiro atoms. The molecule has 278 valence electrons. The zero-order chi connectivity index (χ0) is 47.8. The first-order valence-electron chi connectivity index (χ1n) is 23.0. The molecule has 1 aromatic rings. The number of hydrogen-bond acceptors (Lipinski definition) is 9. The number of nitrogens with one attached hydrogen (secondary N) is 3. The van der Waals surface area contributed by atoms with Gasteiger partial charge in [0.2, 0.25) is 21.8 Å². The predicted octanol–water partition coefficient (Wildman–Crippen LogP) is 3.14. The molecular formula is C35H46FN5O9S. The van der Waals surface area contributed by atoms with Crippen molar-refractivity contribution in [3.63, 3.8) is 0 Å². The molecule has 0 radical (unpaired) electrons. The van der Waals surface area contributed by atoms with E-state index in [-0.39, 0.29) is 24.2 Å². The van der Waals surface area contributed by atoms with Crippen LogP contribution in [0.5, 0.6) is 0 Å². The fraction of sp³-hybridized carbons (Fsp3) is 0.629. The Kier molecular flexibility index (Phi) is 6.45. The van der Waals surface area contributed by atoms with Gasteiger partial charge in [-0.05, 0) is 70.7 Å². The Balaban J connectivity index is 1.34. The molecular weight excluding hydrogens is 685 g/mol. The van der Waals surface area contributed by atoms with Crippen molar-refractivity contribution in [1.29, 1.82) is 0 Å². The van der Waals surface area contributed by atoms with E-state index in [4.69, 9.17) is 27.3 Å². The van der Waals surface area contributed by atoms with E-state index in [1.165, 1.54) is 0 Å². The van der Waals surface area contributed by atoms with Gasteiger partial charge in [-0.1, -0.05) is 37.1 Å². The molecule has 5 amide bonds. The number of hydrogen-bond donors (Lipinski definition) is 3. The molecule has 5 atom stereocenters. The van der Waals surface area contributed by atoms with E-state index in [9.17, 15) is 36.8 Å². The summed E-state index contributed by atoms with van der Waals surface area (Å²) < 4.78 is 158. The average Bonchev–Trinajstić information content (AvgIpc) is 4.06. The van der Waals surface area contributed by atoms with E-state index in [0.29, 0.717) is 32.1 Å². The molecule has 3 heterocycles. The summed E-state index contributed by atoms with van der Waals surface area (Å²) in [4.78, 5) is 70.8. The molecule has 3 N–H and O–H groups in total. The first-order valence-corrected chi connectivity index (χ1v) is 18.0. The molecule has 2 saturated carbocycles.